The lowest BCUT2D eigenvalue weighted by molar-refractivity contribution is -0.143. The van der Waals surface area contributed by atoms with E-state index in [9.17, 15) is 9.18 Å². The number of ether oxygens (including phenoxy) is 1. The minimum absolute atomic E-state index is 0.196. The molecule has 16 heavy (non-hydrogen) atoms. The number of benzene rings is 1. The molecule has 1 atom stereocenters. The largest absolute Gasteiger partial charge is 0.468 e. The fourth-order valence-corrected chi connectivity index (χ4v) is 1.56. The molecule has 0 amide bonds. The Morgan fingerprint density at radius 1 is 1.62 bits per heavy atom. The van der Waals surface area contributed by atoms with Gasteiger partial charge in [0.1, 0.15) is 11.9 Å². The summed E-state index contributed by atoms with van der Waals surface area (Å²) >= 11 is 5.76. The summed E-state index contributed by atoms with van der Waals surface area (Å²) in [4.78, 5) is 11.5. The predicted molar refractivity (Wildman–Crippen MR) is 59.8 cm³/mol. The quantitative estimate of drug-likeness (QED) is 0.828. The molecular weight excluding hydrogens is 233 g/mol. The Morgan fingerprint density at radius 3 is 2.88 bits per heavy atom. The van der Waals surface area contributed by atoms with Gasteiger partial charge in [-0.1, -0.05) is 18.5 Å². The monoisotopic (exact) mass is 245 g/mol. The average molecular weight is 246 g/mol. The molecule has 0 radical (unpaired) electrons. The van der Waals surface area contributed by atoms with E-state index in [0.717, 1.165) is 0 Å². The van der Waals surface area contributed by atoms with Crippen LogP contribution in [0.1, 0.15) is 18.5 Å². The van der Waals surface area contributed by atoms with Gasteiger partial charge < -0.3 is 10.1 Å². The van der Waals surface area contributed by atoms with Crippen LogP contribution in [0, 0.1) is 5.82 Å². The number of likely N-dealkylation sites (N-methyl/N-ethyl adjacent to an activating group) is 1. The van der Waals surface area contributed by atoms with E-state index in [1.807, 2.05) is 6.92 Å². The molecule has 3 nitrogen and oxygen atoms in total. The predicted octanol–water partition coefficient (Wildman–Crippen LogP) is 2.30. The van der Waals surface area contributed by atoms with Gasteiger partial charge in [0.05, 0.1) is 7.11 Å². The van der Waals surface area contributed by atoms with Crippen LogP contribution < -0.4 is 5.32 Å². The lowest BCUT2D eigenvalue weighted by Crippen LogP contribution is -2.30. The van der Waals surface area contributed by atoms with E-state index >= 15 is 0 Å². The molecule has 1 aromatic carbocycles. The SMILES string of the molecule is CCNC(C(=O)OC)c1cc(Cl)ccc1F. The molecule has 0 aromatic heterocycles. The first-order valence-electron chi connectivity index (χ1n) is 4.86. The van der Waals surface area contributed by atoms with Gasteiger partial charge in [-0.3, -0.25) is 0 Å². The van der Waals surface area contributed by atoms with Crippen molar-refractivity contribution in [1.82, 2.24) is 5.32 Å². The van der Waals surface area contributed by atoms with Crippen LogP contribution in [0.15, 0.2) is 18.2 Å². The van der Waals surface area contributed by atoms with Crippen LogP contribution in [0.5, 0.6) is 0 Å². The molecule has 1 aromatic rings. The van der Waals surface area contributed by atoms with Gasteiger partial charge in [-0.05, 0) is 24.7 Å². The van der Waals surface area contributed by atoms with Crippen LogP contribution >= 0.6 is 11.6 Å². The van der Waals surface area contributed by atoms with Gasteiger partial charge in [0.25, 0.3) is 0 Å². The highest BCUT2D eigenvalue weighted by Gasteiger charge is 2.23. The third-order valence-electron chi connectivity index (χ3n) is 2.11. The maximum atomic E-state index is 13.5. The summed E-state index contributed by atoms with van der Waals surface area (Å²) in [6, 6.07) is 3.25. The minimum Gasteiger partial charge on any atom is -0.468 e. The standard InChI is InChI=1S/C11H13ClFNO2/c1-3-14-10(11(15)16-2)8-6-7(12)4-5-9(8)13/h4-6,10,14H,3H2,1-2H3. The van der Waals surface area contributed by atoms with Gasteiger partial charge in [-0.25, -0.2) is 9.18 Å². The lowest BCUT2D eigenvalue weighted by Gasteiger charge is -2.16. The summed E-state index contributed by atoms with van der Waals surface area (Å²) in [5, 5.41) is 3.22. The number of carbonyl (C=O) groups is 1. The molecule has 0 bridgehead atoms. The summed E-state index contributed by atoms with van der Waals surface area (Å²) in [7, 11) is 1.26. The zero-order valence-electron chi connectivity index (χ0n) is 9.09. The summed E-state index contributed by atoms with van der Waals surface area (Å²) in [6.07, 6.45) is 0. The molecule has 0 saturated heterocycles. The van der Waals surface area contributed by atoms with E-state index in [1.54, 1.807) is 0 Å². The van der Waals surface area contributed by atoms with Gasteiger partial charge in [0.15, 0.2) is 0 Å². The summed E-state index contributed by atoms with van der Waals surface area (Å²) in [5.74, 6) is -1.02. The van der Waals surface area contributed by atoms with Crippen LogP contribution in [0.3, 0.4) is 0 Å². The van der Waals surface area contributed by atoms with Crippen molar-refractivity contribution in [3.05, 3.63) is 34.6 Å². The molecule has 1 N–H and O–H groups in total. The molecule has 0 aliphatic carbocycles. The van der Waals surface area contributed by atoms with E-state index in [-0.39, 0.29) is 5.56 Å². The second-order valence-corrected chi connectivity index (χ2v) is 3.62. The van der Waals surface area contributed by atoms with E-state index in [2.05, 4.69) is 10.1 Å². The van der Waals surface area contributed by atoms with Gasteiger partial charge in [-0.15, -0.1) is 0 Å². The second-order valence-electron chi connectivity index (χ2n) is 3.18. The molecule has 0 spiro atoms. The van der Waals surface area contributed by atoms with Gasteiger partial charge >= 0.3 is 5.97 Å². The number of esters is 1. The molecule has 0 heterocycles. The molecule has 5 heteroatoms. The normalized spacial score (nSPS) is 12.2. The van der Waals surface area contributed by atoms with Crippen LogP contribution in [-0.2, 0) is 9.53 Å². The molecule has 0 aliphatic rings. The topological polar surface area (TPSA) is 38.3 Å². The Kier molecular flexibility index (Phi) is 4.71. The van der Waals surface area contributed by atoms with Crippen molar-refractivity contribution in [2.75, 3.05) is 13.7 Å². The smallest absolute Gasteiger partial charge is 0.327 e. The molecular formula is C11H13ClFNO2. The van der Waals surface area contributed by atoms with Crippen molar-refractivity contribution in [2.45, 2.75) is 13.0 Å². The Hall–Kier alpha value is -1.13. The van der Waals surface area contributed by atoms with Crippen molar-refractivity contribution in [2.24, 2.45) is 0 Å². The first-order chi connectivity index (χ1) is 7.60. The second kappa shape index (κ2) is 5.82. The van der Waals surface area contributed by atoms with Gasteiger partial charge in [-0.2, -0.15) is 0 Å². The molecule has 1 unspecified atom stereocenters. The summed E-state index contributed by atoms with van der Waals surface area (Å²) in [6.45, 7) is 2.34. The number of carbonyl (C=O) groups excluding carboxylic acids is 1. The Bertz CT molecular complexity index is 384. The minimum atomic E-state index is -0.825. The van der Waals surface area contributed by atoms with Crippen molar-refractivity contribution in [1.29, 1.82) is 0 Å². The summed E-state index contributed by atoms with van der Waals surface area (Å²) in [5.41, 5.74) is 0.196. The van der Waals surface area contributed by atoms with Crippen LogP contribution in [0.2, 0.25) is 5.02 Å². The van der Waals surface area contributed by atoms with E-state index in [4.69, 9.17) is 11.6 Å². The maximum Gasteiger partial charge on any atom is 0.327 e. The Balaban J connectivity index is 3.09. The first-order valence-corrected chi connectivity index (χ1v) is 5.24. The zero-order valence-corrected chi connectivity index (χ0v) is 9.84. The molecule has 0 aliphatic heterocycles. The Morgan fingerprint density at radius 2 is 2.31 bits per heavy atom. The third-order valence-corrected chi connectivity index (χ3v) is 2.35. The van der Waals surface area contributed by atoms with E-state index in [1.165, 1.54) is 25.3 Å². The van der Waals surface area contributed by atoms with Crippen LogP contribution in [-0.4, -0.2) is 19.6 Å². The average Bonchev–Trinajstić information content (AvgIpc) is 2.28. The molecule has 1 rings (SSSR count). The van der Waals surface area contributed by atoms with Gasteiger partial charge in [0, 0.05) is 10.6 Å². The number of hydrogen-bond acceptors (Lipinski definition) is 3. The van der Waals surface area contributed by atoms with Crippen molar-refractivity contribution >= 4 is 17.6 Å². The van der Waals surface area contributed by atoms with Crippen molar-refractivity contribution in [3.63, 3.8) is 0 Å². The van der Waals surface area contributed by atoms with E-state index < -0.39 is 17.8 Å². The number of nitrogens with one attached hydrogen (secondary N) is 1. The number of hydrogen-bond donors (Lipinski definition) is 1. The number of halogens is 2. The Labute approximate surface area is 98.5 Å². The molecule has 0 saturated carbocycles. The fraction of sp³-hybridized carbons (Fsp3) is 0.364. The summed E-state index contributed by atoms with van der Waals surface area (Å²) < 4.78 is 18.1. The van der Waals surface area contributed by atoms with Crippen LogP contribution in [0.4, 0.5) is 4.39 Å². The molecule has 88 valence electrons. The number of methoxy groups -OCH3 is 1. The van der Waals surface area contributed by atoms with Crippen LogP contribution in [0.25, 0.3) is 0 Å². The van der Waals surface area contributed by atoms with Crippen molar-refractivity contribution in [3.8, 4) is 0 Å². The lowest BCUT2D eigenvalue weighted by atomic mass is 10.1. The highest BCUT2D eigenvalue weighted by molar-refractivity contribution is 6.30. The maximum absolute atomic E-state index is 13.5. The highest BCUT2D eigenvalue weighted by atomic mass is 35.5. The fourth-order valence-electron chi connectivity index (χ4n) is 1.38. The van der Waals surface area contributed by atoms with E-state index in [0.29, 0.717) is 11.6 Å². The first kappa shape index (κ1) is 12.9. The highest BCUT2D eigenvalue weighted by Crippen LogP contribution is 2.22. The zero-order chi connectivity index (χ0) is 12.1. The number of rotatable bonds is 4. The van der Waals surface area contributed by atoms with Crippen molar-refractivity contribution < 1.29 is 13.9 Å². The third kappa shape index (κ3) is 2.93. The molecule has 0 fully saturated rings. The van der Waals surface area contributed by atoms with Gasteiger partial charge in [0.2, 0.25) is 0 Å².